The summed E-state index contributed by atoms with van der Waals surface area (Å²) in [6, 6.07) is 0. The van der Waals surface area contributed by atoms with Crippen LogP contribution in [0, 0.1) is 0 Å². The first-order chi connectivity index (χ1) is 10.1. The average molecular weight is 294 g/mol. The van der Waals surface area contributed by atoms with Crippen LogP contribution in [0.25, 0.3) is 11.2 Å². The van der Waals surface area contributed by atoms with Crippen LogP contribution >= 0.6 is 0 Å². The van der Waals surface area contributed by atoms with E-state index in [0.717, 1.165) is 0 Å². The minimum Gasteiger partial charge on any atom is -0.504 e. The summed E-state index contributed by atoms with van der Waals surface area (Å²) >= 11 is 0. The molecule has 3 rings (SSSR count). The van der Waals surface area contributed by atoms with Crippen molar-refractivity contribution in [1.29, 1.82) is 0 Å². The Balaban J connectivity index is 2.10. The molecule has 21 heavy (non-hydrogen) atoms. The maximum atomic E-state index is 9.99. The van der Waals surface area contributed by atoms with Crippen molar-refractivity contribution in [3.05, 3.63) is 18.0 Å². The minimum absolute atomic E-state index is 0.0119. The topological polar surface area (TPSA) is 144 Å². The number of nitrogens with zero attached hydrogens (tertiary/aromatic N) is 4. The third kappa shape index (κ3) is 1.88. The van der Waals surface area contributed by atoms with Crippen LogP contribution in [0.5, 0.6) is 0 Å². The number of methoxy groups -OCH3 is 2. The van der Waals surface area contributed by atoms with Crippen molar-refractivity contribution in [1.82, 2.24) is 19.5 Å². The van der Waals surface area contributed by atoms with E-state index in [1.54, 1.807) is 4.57 Å². The Bertz CT molecular complexity index is 727. The first kappa shape index (κ1) is 13.2. The lowest BCUT2D eigenvalue weighted by atomic mass is 10.3. The third-order valence-electron chi connectivity index (χ3n) is 3.14. The van der Waals surface area contributed by atoms with Gasteiger partial charge in [0.25, 0.3) is 0 Å². The number of imidazole rings is 1. The molecule has 3 heterocycles. The number of fused-ring (bicyclic) bond motifs is 1. The van der Waals surface area contributed by atoms with Crippen molar-refractivity contribution in [2.75, 3.05) is 25.7 Å². The molecule has 0 aromatic carbocycles. The number of hydrogen-bond donors (Lipinski definition) is 3. The van der Waals surface area contributed by atoms with Gasteiger partial charge in [-0.3, -0.25) is 4.57 Å². The second-order valence-corrected chi connectivity index (χ2v) is 4.33. The number of aliphatic hydroxyl groups is 1. The molecule has 10 heteroatoms. The predicted octanol–water partition coefficient (Wildman–Crippen LogP) is -0.0920. The molecule has 2 atom stereocenters. The number of rotatable bonds is 3. The molecule has 5 N–H and O–H groups in total. The Hall–Kier alpha value is -2.75. The van der Waals surface area contributed by atoms with E-state index in [1.807, 2.05) is 0 Å². The summed E-state index contributed by atoms with van der Waals surface area (Å²) in [6.45, 7) is 0. The Morgan fingerprint density at radius 3 is 2.76 bits per heavy atom. The van der Waals surface area contributed by atoms with Gasteiger partial charge in [-0.2, -0.15) is 9.97 Å². The molecule has 2 aromatic heterocycles. The molecule has 2 aromatic rings. The first-order valence-corrected chi connectivity index (χ1v) is 5.99. The third-order valence-corrected chi connectivity index (χ3v) is 3.14. The molecular weight excluding hydrogens is 280 g/mol. The number of aromatic nitrogens is 4. The highest BCUT2D eigenvalue weighted by Crippen LogP contribution is 2.35. The van der Waals surface area contributed by atoms with Gasteiger partial charge in [0.2, 0.25) is 17.9 Å². The van der Waals surface area contributed by atoms with E-state index in [2.05, 4.69) is 15.0 Å². The van der Waals surface area contributed by atoms with E-state index in [-0.39, 0.29) is 23.5 Å². The Morgan fingerprint density at radius 2 is 2.10 bits per heavy atom. The van der Waals surface area contributed by atoms with E-state index in [9.17, 15) is 5.11 Å². The summed E-state index contributed by atoms with van der Waals surface area (Å²) in [5, 5.41) is 9.99. The normalized spacial score (nSPS) is 21.8. The number of anilines is 2. The predicted molar refractivity (Wildman–Crippen MR) is 71.7 cm³/mol. The van der Waals surface area contributed by atoms with Crippen molar-refractivity contribution in [3.63, 3.8) is 0 Å². The molecule has 1 aliphatic heterocycles. The summed E-state index contributed by atoms with van der Waals surface area (Å²) in [6.07, 6.45) is -0.0593. The number of aliphatic hydroxyl groups excluding tert-OH is 1. The highest BCUT2D eigenvalue weighted by atomic mass is 16.7. The summed E-state index contributed by atoms with van der Waals surface area (Å²) < 4.78 is 17.3. The summed E-state index contributed by atoms with van der Waals surface area (Å²) in [4.78, 5) is 12.1. The smallest absolute Gasteiger partial charge is 0.323 e. The fraction of sp³-hybridized carbons (Fsp3) is 0.364. The van der Waals surface area contributed by atoms with E-state index >= 15 is 0 Å². The molecule has 1 unspecified atom stereocenters. The molecule has 0 aliphatic carbocycles. The van der Waals surface area contributed by atoms with Gasteiger partial charge in [0, 0.05) is 7.11 Å². The van der Waals surface area contributed by atoms with Crippen molar-refractivity contribution < 1.29 is 19.3 Å². The zero-order chi connectivity index (χ0) is 15.1. The molecular formula is C11H14N6O4. The fourth-order valence-electron chi connectivity index (χ4n) is 2.21. The van der Waals surface area contributed by atoms with Crippen molar-refractivity contribution >= 4 is 22.9 Å². The quantitative estimate of drug-likeness (QED) is 0.707. The second-order valence-electron chi connectivity index (χ2n) is 4.33. The van der Waals surface area contributed by atoms with Crippen LogP contribution in [0.3, 0.4) is 0 Å². The number of hydrogen-bond acceptors (Lipinski definition) is 9. The standard InChI is InChI=1S/C11H14N6O4/c1-19-6-5(18)10(20-2)21-9(6)17-3-14-4-7(12)15-11(13)16-8(4)17/h3,6,9,18H,1-2H3,(H4,12,13,15,16)/t6?,9-/m1/s1. The summed E-state index contributed by atoms with van der Waals surface area (Å²) in [5.74, 6) is -0.00392. The van der Waals surface area contributed by atoms with Gasteiger partial charge in [-0.1, -0.05) is 0 Å². The molecule has 0 radical (unpaired) electrons. The Kier molecular flexibility index (Phi) is 2.94. The van der Waals surface area contributed by atoms with Gasteiger partial charge < -0.3 is 30.8 Å². The van der Waals surface area contributed by atoms with Crippen LogP contribution in [0.15, 0.2) is 18.0 Å². The van der Waals surface area contributed by atoms with E-state index in [0.29, 0.717) is 11.2 Å². The number of nitrogen functional groups attached to an aromatic ring is 2. The molecule has 10 nitrogen and oxygen atoms in total. The largest absolute Gasteiger partial charge is 0.504 e. The lowest BCUT2D eigenvalue weighted by Crippen LogP contribution is -2.24. The lowest BCUT2D eigenvalue weighted by Gasteiger charge is -2.19. The zero-order valence-electron chi connectivity index (χ0n) is 11.3. The molecule has 0 bridgehead atoms. The van der Waals surface area contributed by atoms with Gasteiger partial charge in [-0.25, -0.2) is 4.98 Å². The van der Waals surface area contributed by atoms with Gasteiger partial charge in [-0.05, 0) is 0 Å². The van der Waals surface area contributed by atoms with Crippen LogP contribution in [0.2, 0.25) is 0 Å². The summed E-state index contributed by atoms with van der Waals surface area (Å²) in [7, 11) is 2.82. The monoisotopic (exact) mass is 294 g/mol. The first-order valence-electron chi connectivity index (χ1n) is 5.99. The number of ether oxygens (including phenoxy) is 3. The van der Waals surface area contributed by atoms with Gasteiger partial charge in [-0.15, -0.1) is 0 Å². The Morgan fingerprint density at radius 1 is 1.33 bits per heavy atom. The highest BCUT2D eigenvalue weighted by Gasteiger charge is 2.40. The van der Waals surface area contributed by atoms with Gasteiger partial charge >= 0.3 is 5.95 Å². The second kappa shape index (κ2) is 4.66. The van der Waals surface area contributed by atoms with E-state index < -0.39 is 12.3 Å². The maximum Gasteiger partial charge on any atom is 0.323 e. The molecule has 112 valence electrons. The van der Waals surface area contributed by atoms with Crippen LogP contribution in [0.1, 0.15) is 6.23 Å². The Labute approximate surface area is 119 Å². The molecule has 0 spiro atoms. The average Bonchev–Trinajstić information content (AvgIpc) is 2.99. The van der Waals surface area contributed by atoms with Gasteiger partial charge in [0.1, 0.15) is 11.8 Å². The molecule has 1 aliphatic rings. The van der Waals surface area contributed by atoms with E-state index in [1.165, 1.54) is 20.5 Å². The van der Waals surface area contributed by atoms with Crippen molar-refractivity contribution in [3.8, 4) is 0 Å². The number of nitrogens with two attached hydrogens (primary N) is 2. The maximum absolute atomic E-state index is 9.99. The zero-order valence-corrected chi connectivity index (χ0v) is 11.3. The van der Waals surface area contributed by atoms with Crippen molar-refractivity contribution in [2.45, 2.75) is 12.3 Å². The van der Waals surface area contributed by atoms with Gasteiger partial charge in [0.05, 0.1) is 7.11 Å². The highest BCUT2D eigenvalue weighted by molar-refractivity contribution is 5.82. The molecule has 0 saturated carbocycles. The van der Waals surface area contributed by atoms with Crippen LogP contribution in [-0.4, -0.2) is 44.9 Å². The van der Waals surface area contributed by atoms with Gasteiger partial charge in [0.15, 0.2) is 17.6 Å². The molecule has 0 saturated heterocycles. The van der Waals surface area contributed by atoms with Crippen LogP contribution in [0.4, 0.5) is 11.8 Å². The van der Waals surface area contributed by atoms with Crippen LogP contribution < -0.4 is 11.5 Å². The summed E-state index contributed by atoms with van der Waals surface area (Å²) in [5.41, 5.74) is 12.1. The fourth-order valence-corrected chi connectivity index (χ4v) is 2.21. The lowest BCUT2D eigenvalue weighted by molar-refractivity contribution is -0.0566. The molecule has 0 amide bonds. The van der Waals surface area contributed by atoms with E-state index in [4.69, 9.17) is 25.7 Å². The molecule has 0 fully saturated rings. The minimum atomic E-state index is -0.769. The SMILES string of the molecule is COC1=C(O)C(OC)[C@H](n2cnc3c(N)nc(N)nc32)O1. The van der Waals surface area contributed by atoms with Crippen molar-refractivity contribution in [2.24, 2.45) is 0 Å². The van der Waals surface area contributed by atoms with Crippen LogP contribution in [-0.2, 0) is 14.2 Å².